The number of benzene rings is 4. The number of ether oxygens (including phenoxy) is 6. The van der Waals surface area contributed by atoms with E-state index in [1.54, 1.807) is 6.92 Å². The molecule has 0 aliphatic carbocycles. The van der Waals surface area contributed by atoms with E-state index in [1.807, 2.05) is 128 Å². The molecular formula is C66H80O14S. The minimum Gasteiger partial charge on any atom is -0.465 e. The molecule has 0 N–H and O–H groups in total. The minimum atomic E-state index is -0.865. The third-order valence-corrected chi connectivity index (χ3v) is 12.7. The van der Waals surface area contributed by atoms with E-state index in [-0.39, 0.29) is 84.4 Å². The Balaban J connectivity index is 0.00000158. The molecule has 0 aliphatic rings. The standard InChI is InChI=1S/C42H50O6.C15H20O6.C8H8S.CO2.H2/c1-5-42(30-46-39(43)27-15-18-33(2)36-21-9-6-10-22-36,31-47-40(44)28-16-19-34(3)37-23-11-7-12-24-37)32-48-41(45)29-17-20-35(4)38-25-13-8-14-26-38;1-5-12(16)19-9-15(8-4,10-20-13(17)6-2)11-21-14(18)7-3;1-7(9)8-5-3-2-4-6-8;2-1-3;/h6-14,21-26H,2-5,15-20,27-32H2,1H3;5-7H,1-3,8-11H2,4H3;2-6,9H,1H2;;1H/i;;;;1+1. The highest BCUT2D eigenvalue weighted by Crippen LogP contribution is 2.28. The van der Waals surface area contributed by atoms with Crippen molar-refractivity contribution in [3.8, 4) is 0 Å². The molecule has 0 radical (unpaired) electrons. The Labute approximate surface area is 485 Å². The summed E-state index contributed by atoms with van der Waals surface area (Å²) in [7, 11) is 0. The Morgan fingerprint density at radius 1 is 0.420 bits per heavy atom. The van der Waals surface area contributed by atoms with E-state index < -0.39 is 28.7 Å². The fraction of sp³-hybridized carbons (Fsp3) is 0.318. The molecule has 15 heteroatoms. The average Bonchev–Trinajstić information content (AvgIpc) is 3.50. The maximum Gasteiger partial charge on any atom is 0.373 e. The molecule has 0 aromatic heterocycles. The van der Waals surface area contributed by atoms with Gasteiger partial charge in [0, 0.05) is 43.8 Å². The van der Waals surface area contributed by atoms with Gasteiger partial charge in [0.15, 0.2) is 0 Å². The van der Waals surface area contributed by atoms with Crippen LogP contribution in [0, 0.1) is 10.8 Å². The van der Waals surface area contributed by atoms with Crippen molar-refractivity contribution < 1.29 is 68.2 Å². The lowest BCUT2D eigenvalue weighted by Gasteiger charge is -2.31. The van der Waals surface area contributed by atoms with Gasteiger partial charge in [0.2, 0.25) is 0 Å². The maximum absolute atomic E-state index is 12.8. The summed E-state index contributed by atoms with van der Waals surface area (Å²) in [5, 5.41) is 0. The van der Waals surface area contributed by atoms with Crippen molar-refractivity contribution in [3.63, 3.8) is 0 Å². The molecule has 0 amide bonds. The largest absolute Gasteiger partial charge is 0.465 e. The molecule has 4 aromatic rings. The fourth-order valence-corrected chi connectivity index (χ4v) is 7.20. The lowest BCUT2D eigenvalue weighted by Crippen LogP contribution is -2.39. The molecule has 0 spiro atoms. The van der Waals surface area contributed by atoms with E-state index in [0.29, 0.717) is 51.4 Å². The first-order chi connectivity index (χ1) is 38.9. The normalized spacial score (nSPS) is 10.2. The van der Waals surface area contributed by atoms with Gasteiger partial charge >= 0.3 is 42.0 Å². The summed E-state index contributed by atoms with van der Waals surface area (Å²) < 4.78 is 32.1. The second-order valence-electron chi connectivity index (χ2n) is 18.5. The smallest absolute Gasteiger partial charge is 0.373 e. The molecule has 0 unspecified atom stereocenters. The van der Waals surface area contributed by atoms with Crippen molar-refractivity contribution in [2.75, 3.05) is 39.6 Å². The van der Waals surface area contributed by atoms with Crippen LogP contribution in [0.15, 0.2) is 186 Å². The molecule has 81 heavy (non-hydrogen) atoms. The van der Waals surface area contributed by atoms with Gasteiger partial charge in [0.1, 0.15) is 39.6 Å². The number of hydrogen-bond donors (Lipinski definition) is 1. The molecule has 4 aromatic carbocycles. The van der Waals surface area contributed by atoms with Crippen LogP contribution in [0.25, 0.3) is 21.6 Å². The van der Waals surface area contributed by atoms with Crippen LogP contribution in [0.5, 0.6) is 0 Å². The molecule has 0 saturated heterocycles. The maximum atomic E-state index is 12.8. The molecule has 0 heterocycles. The molecular weight excluding hydrogens is 1050 g/mol. The molecule has 0 saturated carbocycles. The lowest BCUT2D eigenvalue weighted by atomic mass is 9.88. The van der Waals surface area contributed by atoms with Crippen molar-refractivity contribution in [2.24, 2.45) is 10.8 Å². The van der Waals surface area contributed by atoms with Gasteiger partial charge in [-0.05, 0) is 90.3 Å². The van der Waals surface area contributed by atoms with Gasteiger partial charge in [0.25, 0.3) is 0 Å². The highest BCUT2D eigenvalue weighted by molar-refractivity contribution is 7.90. The molecule has 434 valence electrons. The van der Waals surface area contributed by atoms with Crippen LogP contribution in [0.1, 0.15) is 108 Å². The van der Waals surface area contributed by atoms with Gasteiger partial charge in [-0.15, -0.1) is 12.6 Å². The molecule has 14 nitrogen and oxygen atoms in total. The first-order valence-corrected chi connectivity index (χ1v) is 26.8. The number of thiol groups is 1. The van der Waals surface area contributed by atoms with Crippen LogP contribution < -0.4 is 0 Å². The van der Waals surface area contributed by atoms with Crippen LogP contribution in [-0.4, -0.2) is 81.6 Å². The fourth-order valence-electron chi connectivity index (χ4n) is 7.05. The van der Waals surface area contributed by atoms with E-state index in [9.17, 15) is 28.8 Å². The SMILES string of the molecule is C=C(CCCC(=O)OCC(CC)(COC(=O)CCCC(=C)c1ccccc1)COC(=O)CCCC(=C)c1ccccc1)c1ccccc1.C=C(S)c1ccccc1.C=CC(=O)OCC(CC)(COC(=O)C=C)COC(=O)C=C.O=C=O.[2HH]. The molecule has 0 aliphatic heterocycles. The van der Waals surface area contributed by atoms with Gasteiger partial charge < -0.3 is 28.4 Å². The molecule has 0 bridgehead atoms. The van der Waals surface area contributed by atoms with Gasteiger partial charge in [-0.1, -0.05) is 181 Å². The Morgan fingerprint density at radius 3 is 0.840 bits per heavy atom. The quantitative estimate of drug-likeness (QED) is 0.0205. The van der Waals surface area contributed by atoms with E-state index in [4.69, 9.17) is 38.0 Å². The van der Waals surface area contributed by atoms with Gasteiger partial charge in [-0.3, -0.25) is 14.4 Å². The van der Waals surface area contributed by atoms with Crippen molar-refractivity contribution in [2.45, 2.75) is 84.5 Å². The van der Waals surface area contributed by atoms with E-state index in [0.717, 1.165) is 62.1 Å². The summed E-state index contributed by atoms with van der Waals surface area (Å²) in [6, 6.07) is 39.5. The topological polar surface area (TPSA) is 192 Å². The van der Waals surface area contributed by atoms with Crippen molar-refractivity contribution in [3.05, 3.63) is 208 Å². The number of hydrogen-bond acceptors (Lipinski definition) is 15. The summed E-state index contributed by atoms with van der Waals surface area (Å²) in [6.45, 7) is 29.3. The van der Waals surface area contributed by atoms with Crippen LogP contribution in [0.4, 0.5) is 0 Å². The lowest BCUT2D eigenvalue weighted by molar-refractivity contribution is -0.192. The summed E-state index contributed by atoms with van der Waals surface area (Å²) in [6.07, 6.45) is 8.69. The van der Waals surface area contributed by atoms with Crippen molar-refractivity contribution in [1.29, 1.82) is 0 Å². The van der Waals surface area contributed by atoms with Crippen LogP contribution in [-0.2, 0) is 66.8 Å². The van der Waals surface area contributed by atoms with Crippen LogP contribution in [0.3, 0.4) is 0 Å². The first-order valence-electron chi connectivity index (χ1n) is 26.3. The predicted molar refractivity (Wildman–Crippen MR) is 321 cm³/mol. The third-order valence-electron chi connectivity index (χ3n) is 12.4. The Hall–Kier alpha value is -8.39. The minimum absolute atomic E-state index is 0. The monoisotopic (exact) mass is 1130 g/mol. The molecule has 4 rings (SSSR count). The van der Waals surface area contributed by atoms with Gasteiger partial charge in [-0.25, -0.2) is 14.4 Å². The Kier molecular flexibility index (Phi) is 36.3. The third kappa shape index (κ3) is 31.1. The van der Waals surface area contributed by atoms with Crippen molar-refractivity contribution >= 4 is 76.2 Å². The van der Waals surface area contributed by atoms with Crippen molar-refractivity contribution in [1.82, 2.24) is 0 Å². The summed E-state index contributed by atoms with van der Waals surface area (Å²) >= 11 is 4.09. The summed E-state index contributed by atoms with van der Waals surface area (Å²) in [5.41, 5.74) is 5.42. The zero-order valence-corrected chi connectivity index (χ0v) is 47.8. The summed E-state index contributed by atoms with van der Waals surface area (Å²) in [4.78, 5) is 88.9. The number of carbonyl (C=O) groups excluding carboxylic acids is 8. The Morgan fingerprint density at radius 2 is 0.642 bits per heavy atom. The zero-order valence-electron chi connectivity index (χ0n) is 46.9. The number of carbonyl (C=O) groups is 6. The number of esters is 6. The average molecular weight is 1130 g/mol. The second kappa shape index (κ2) is 41.6. The predicted octanol–water partition coefficient (Wildman–Crippen LogP) is 13.5. The molecule has 0 atom stereocenters. The van der Waals surface area contributed by atoms with Crippen LogP contribution in [0.2, 0.25) is 0 Å². The van der Waals surface area contributed by atoms with Gasteiger partial charge in [0.05, 0.1) is 10.8 Å². The molecule has 0 fully saturated rings. The number of rotatable bonds is 33. The second-order valence-corrected chi connectivity index (χ2v) is 19.0. The number of allylic oxidation sites excluding steroid dienone is 3. The highest BCUT2D eigenvalue weighted by atomic mass is 32.1. The Bertz CT molecular complexity index is 2440. The van der Waals surface area contributed by atoms with Crippen LogP contribution >= 0.6 is 12.6 Å². The van der Waals surface area contributed by atoms with E-state index >= 15 is 0 Å². The van der Waals surface area contributed by atoms with Gasteiger partial charge in [-0.2, -0.15) is 9.59 Å². The zero-order chi connectivity index (χ0) is 60.3. The highest BCUT2D eigenvalue weighted by Gasteiger charge is 2.35. The summed E-state index contributed by atoms with van der Waals surface area (Å²) in [5.74, 6) is -2.91. The first kappa shape index (κ1) is 70.6. The van der Waals surface area contributed by atoms with E-state index in [1.165, 1.54) is 0 Å². The van der Waals surface area contributed by atoms with E-state index in [2.05, 4.69) is 58.7 Å².